The Labute approximate surface area is 120 Å². The topological polar surface area (TPSA) is 80.9 Å². The molecule has 0 amide bonds. The zero-order chi connectivity index (χ0) is 14.3. The lowest BCUT2D eigenvalue weighted by molar-refractivity contribution is -0.144. The van der Waals surface area contributed by atoms with Crippen LogP contribution in [0.3, 0.4) is 0 Å². The highest BCUT2D eigenvalue weighted by atomic mass is 35.5. The van der Waals surface area contributed by atoms with Crippen molar-refractivity contribution in [1.82, 2.24) is 20.2 Å². The number of carboxylic acid groups (broad SMARTS) is 1. The van der Waals surface area contributed by atoms with Crippen LogP contribution in [0.25, 0.3) is 11.4 Å². The average molecular weight is 293 g/mol. The quantitative estimate of drug-likeness (QED) is 0.934. The van der Waals surface area contributed by atoms with Crippen molar-refractivity contribution in [2.75, 3.05) is 0 Å². The Morgan fingerprint density at radius 2 is 2.25 bits per heavy atom. The molecule has 1 aliphatic carbocycles. The van der Waals surface area contributed by atoms with Crippen LogP contribution in [-0.4, -0.2) is 31.3 Å². The largest absolute Gasteiger partial charge is 0.481 e. The second-order valence-electron chi connectivity index (χ2n) is 5.23. The summed E-state index contributed by atoms with van der Waals surface area (Å²) in [5.74, 6) is -0.295. The average Bonchev–Trinajstić information content (AvgIpc) is 3.03. The molecule has 1 heterocycles. The monoisotopic (exact) mass is 292 g/mol. The van der Waals surface area contributed by atoms with E-state index in [1.807, 2.05) is 25.1 Å². The molecule has 0 saturated heterocycles. The number of halogens is 1. The number of aryl methyl sites for hydroxylation is 1. The van der Waals surface area contributed by atoms with Gasteiger partial charge < -0.3 is 5.11 Å². The van der Waals surface area contributed by atoms with E-state index in [0.717, 1.165) is 5.56 Å². The molecule has 0 atom stereocenters. The van der Waals surface area contributed by atoms with Crippen LogP contribution in [0.4, 0.5) is 0 Å². The summed E-state index contributed by atoms with van der Waals surface area (Å²) < 4.78 is 1.53. The number of aromatic nitrogens is 4. The van der Waals surface area contributed by atoms with Crippen molar-refractivity contribution in [2.24, 2.45) is 5.41 Å². The first-order valence-corrected chi connectivity index (χ1v) is 6.66. The molecule has 1 saturated carbocycles. The molecule has 1 aromatic carbocycles. The first-order valence-electron chi connectivity index (χ1n) is 6.28. The minimum atomic E-state index is -0.797. The molecule has 0 bridgehead atoms. The lowest BCUT2D eigenvalue weighted by atomic mass is 10.1. The van der Waals surface area contributed by atoms with E-state index in [-0.39, 0.29) is 6.54 Å². The summed E-state index contributed by atoms with van der Waals surface area (Å²) in [5.41, 5.74) is 1.03. The molecule has 1 fully saturated rings. The van der Waals surface area contributed by atoms with Crippen LogP contribution in [0.1, 0.15) is 18.4 Å². The summed E-state index contributed by atoms with van der Waals surface area (Å²) in [4.78, 5) is 11.3. The van der Waals surface area contributed by atoms with Gasteiger partial charge in [0.2, 0.25) is 0 Å². The summed E-state index contributed by atoms with van der Waals surface area (Å²) >= 11 is 6.22. The van der Waals surface area contributed by atoms with Gasteiger partial charge in [0.25, 0.3) is 0 Å². The van der Waals surface area contributed by atoms with Crippen molar-refractivity contribution in [1.29, 1.82) is 0 Å². The molecule has 0 aliphatic heterocycles. The Morgan fingerprint density at radius 3 is 2.85 bits per heavy atom. The van der Waals surface area contributed by atoms with Gasteiger partial charge in [-0.3, -0.25) is 4.79 Å². The van der Waals surface area contributed by atoms with E-state index in [2.05, 4.69) is 15.5 Å². The minimum Gasteiger partial charge on any atom is -0.481 e. The van der Waals surface area contributed by atoms with Gasteiger partial charge >= 0.3 is 5.97 Å². The van der Waals surface area contributed by atoms with Crippen LogP contribution in [-0.2, 0) is 11.3 Å². The molecular weight excluding hydrogens is 280 g/mol. The number of hydrogen-bond donors (Lipinski definition) is 1. The van der Waals surface area contributed by atoms with E-state index in [1.54, 1.807) is 0 Å². The van der Waals surface area contributed by atoms with Gasteiger partial charge in [-0.25, -0.2) is 4.68 Å². The van der Waals surface area contributed by atoms with Gasteiger partial charge in [-0.15, -0.1) is 5.10 Å². The normalized spacial score (nSPS) is 16.1. The molecule has 6 nitrogen and oxygen atoms in total. The lowest BCUT2D eigenvalue weighted by Crippen LogP contribution is -2.22. The summed E-state index contributed by atoms with van der Waals surface area (Å²) in [6.45, 7) is 2.22. The maximum absolute atomic E-state index is 11.3. The Morgan fingerprint density at radius 1 is 1.50 bits per heavy atom. The number of nitrogens with zero attached hydrogens (tertiary/aromatic N) is 4. The minimum absolute atomic E-state index is 0.273. The van der Waals surface area contributed by atoms with E-state index < -0.39 is 11.4 Å². The van der Waals surface area contributed by atoms with Gasteiger partial charge in [0.1, 0.15) is 0 Å². The highest BCUT2D eigenvalue weighted by Gasteiger charge is 2.51. The van der Waals surface area contributed by atoms with E-state index in [9.17, 15) is 9.90 Å². The molecule has 1 N–H and O–H groups in total. The molecular formula is C13H13ClN4O2. The van der Waals surface area contributed by atoms with E-state index >= 15 is 0 Å². The third kappa shape index (κ3) is 2.16. The molecule has 7 heteroatoms. The highest BCUT2D eigenvalue weighted by molar-refractivity contribution is 6.33. The van der Waals surface area contributed by atoms with Crippen molar-refractivity contribution in [3.05, 3.63) is 28.8 Å². The maximum Gasteiger partial charge on any atom is 0.311 e. The number of carbonyl (C=O) groups is 1. The molecule has 2 aromatic rings. The van der Waals surface area contributed by atoms with Crippen molar-refractivity contribution < 1.29 is 9.90 Å². The SMILES string of the molecule is Cc1ccc(-c2nnnn2CC2(C(=O)O)CC2)c(Cl)c1. The molecule has 0 spiro atoms. The lowest BCUT2D eigenvalue weighted by Gasteiger charge is -2.11. The third-order valence-corrected chi connectivity index (χ3v) is 3.97. The van der Waals surface area contributed by atoms with Crippen LogP contribution in [0.2, 0.25) is 5.02 Å². The molecule has 0 radical (unpaired) electrons. The van der Waals surface area contributed by atoms with Gasteiger partial charge in [0, 0.05) is 5.56 Å². The van der Waals surface area contributed by atoms with Crippen molar-refractivity contribution in [3.63, 3.8) is 0 Å². The van der Waals surface area contributed by atoms with Gasteiger partial charge in [0.05, 0.1) is 17.0 Å². The summed E-state index contributed by atoms with van der Waals surface area (Å²) in [6, 6.07) is 5.60. The standard InChI is InChI=1S/C13H13ClN4O2/c1-8-2-3-9(10(14)6-8)11-15-16-17-18(11)7-13(4-5-13)12(19)20/h2-3,6H,4-5,7H2,1H3,(H,19,20). The first-order chi connectivity index (χ1) is 9.52. The predicted molar refractivity (Wildman–Crippen MR) is 72.3 cm³/mol. The van der Waals surface area contributed by atoms with Crippen molar-refractivity contribution in [2.45, 2.75) is 26.3 Å². The summed E-state index contributed by atoms with van der Waals surface area (Å²) in [7, 11) is 0. The number of tetrazole rings is 1. The third-order valence-electron chi connectivity index (χ3n) is 3.66. The van der Waals surface area contributed by atoms with Crippen molar-refractivity contribution >= 4 is 17.6 Å². The Balaban J connectivity index is 1.96. The number of carboxylic acids is 1. The zero-order valence-electron chi connectivity index (χ0n) is 10.9. The smallest absolute Gasteiger partial charge is 0.311 e. The molecule has 1 aromatic heterocycles. The fraction of sp³-hybridized carbons (Fsp3) is 0.385. The van der Waals surface area contributed by atoms with Crippen LogP contribution >= 0.6 is 11.6 Å². The van der Waals surface area contributed by atoms with Crippen LogP contribution < -0.4 is 0 Å². The zero-order valence-corrected chi connectivity index (χ0v) is 11.6. The van der Waals surface area contributed by atoms with Crippen molar-refractivity contribution in [3.8, 4) is 11.4 Å². The molecule has 20 heavy (non-hydrogen) atoms. The van der Waals surface area contributed by atoms with E-state index in [4.69, 9.17) is 11.6 Å². The molecule has 0 unspecified atom stereocenters. The number of benzene rings is 1. The molecule has 1 aliphatic rings. The predicted octanol–water partition coefficient (Wildman–Crippen LogP) is 2.17. The number of aliphatic carboxylic acids is 1. The van der Waals surface area contributed by atoms with Gasteiger partial charge in [-0.2, -0.15) is 0 Å². The van der Waals surface area contributed by atoms with Gasteiger partial charge in [-0.05, 0) is 47.9 Å². The van der Waals surface area contributed by atoms with E-state index in [1.165, 1.54) is 4.68 Å². The second-order valence-corrected chi connectivity index (χ2v) is 5.64. The number of rotatable bonds is 4. The Bertz CT molecular complexity index is 679. The fourth-order valence-electron chi connectivity index (χ4n) is 2.18. The first kappa shape index (κ1) is 13.1. The maximum atomic E-state index is 11.3. The Kier molecular flexibility index (Phi) is 2.97. The van der Waals surface area contributed by atoms with E-state index in [0.29, 0.717) is 29.3 Å². The molecule has 104 valence electrons. The van der Waals surface area contributed by atoms with Gasteiger partial charge in [0.15, 0.2) is 5.82 Å². The Hall–Kier alpha value is -1.95. The van der Waals surface area contributed by atoms with Crippen LogP contribution in [0.15, 0.2) is 18.2 Å². The highest BCUT2D eigenvalue weighted by Crippen LogP contribution is 2.47. The number of hydrogen-bond acceptors (Lipinski definition) is 4. The summed E-state index contributed by atoms with van der Waals surface area (Å²) in [5, 5.41) is 21.3. The van der Waals surface area contributed by atoms with Crippen LogP contribution in [0, 0.1) is 12.3 Å². The second kappa shape index (κ2) is 4.56. The molecule has 3 rings (SSSR count). The van der Waals surface area contributed by atoms with Crippen LogP contribution in [0.5, 0.6) is 0 Å². The summed E-state index contributed by atoms with van der Waals surface area (Å²) in [6.07, 6.45) is 1.31. The van der Waals surface area contributed by atoms with Gasteiger partial charge in [-0.1, -0.05) is 17.7 Å². The fourth-order valence-corrected chi connectivity index (χ4v) is 2.50.